The third kappa shape index (κ3) is 2.54. The third-order valence-corrected chi connectivity index (χ3v) is 2.09. The van der Waals surface area contributed by atoms with Gasteiger partial charge in [-0.05, 0) is 30.2 Å². The molecule has 1 aromatic carbocycles. The molecule has 0 aliphatic rings. The summed E-state index contributed by atoms with van der Waals surface area (Å²) in [5, 5.41) is 0.762. The topological polar surface area (TPSA) is 0 Å². The molecular formula is C10H10Cl2. The van der Waals surface area contributed by atoms with Crippen molar-refractivity contribution in [2.45, 2.75) is 6.92 Å². The number of allylic oxidation sites excluding steroid dienone is 2. The van der Waals surface area contributed by atoms with Gasteiger partial charge in [-0.3, -0.25) is 0 Å². The van der Waals surface area contributed by atoms with Crippen molar-refractivity contribution < 1.29 is 0 Å². The molecule has 0 aliphatic heterocycles. The molecule has 0 saturated heterocycles. The summed E-state index contributed by atoms with van der Waals surface area (Å²) in [5.74, 6) is 0.550. The summed E-state index contributed by atoms with van der Waals surface area (Å²) in [4.78, 5) is 0. The molecule has 0 amide bonds. The van der Waals surface area contributed by atoms with Crippen LogP contribution in [-0.4, -0.2) is 5.88 Å². The van der Waals surface area contributed by atoms with Gasteiger partial charge in [-0.15, -0.1) is 11.6 Å². The van der Waals surface area contributed by atoms with Crippen LogP contribution in [0.3, 0.4) is 0 Å². The van der Waals surface area contributed by atoms with Crippen molar-refractivity contribution in [2.24, 2.45) is 0 Å². The Labute approximate surface area is 82.8 Å². The lowest BCUT2D eigenvalue weighted by molar-refractivity contribution is 1.54. The number of rotatable bonds is 2. The molecule has 0 aliphatic carbocycles. The first-order chi connectivity index (χ1) is 5.74. The SMILES string of the molecule is C/C(=C\CCl)c1ccc(Cl)cc1. The highest BCUT2D eigenvalue weighted by Gasteiger charge is 1.93. The van der Waals surface area contributed by atoms with Crippen LogP contribution in [0, 0.1) is 0 Å². The van der Waals surface area contributed by atoms with E-state index in [2.05, 4.69) is 0 Å². The molecule has 0 nitrogen and oxygen atoms in total. The minimum absolute atomic E-state index is 0.550. The van der Waals surface area contributed by atoms with E-state index in [1.54, 1.807) is 0 Å². The monoisotopic (exact) mass is 200 g/mol. The smallest absolute Gasteiger partial charge is 0.0409 e. The minimum Gasteiger partial charge on any atom is -0.122 e. The Morgan fingerprint density at radius 1 is 1.33 bits per heavy atom. The van der Waals surface area contributed by atoms with E-state index in [1.807, 2.05) is 37.3 Å². The Bertz CT molecular complexity index is 272. The van der Waals surface area contributed by atoms with Crippen LogP contribution in [0.5, 0.6) is 0 Å². The molecule has 1 aromatic rings. The van der Waals surface area contributed by atoms with E-state index >= 15 is 0 Å². The fourth-order valence-corrected chi connectivity index (χ4v) is 1.30. The van der Waals surface area contributed by atoms with Crippen molar-refractivity contribution in [3.05, 3.63) is 40.9 Å². The van der Waals surface area contributed by atoms with Gasteiger partial charge in [-0.25, -0.2) is 0 Å². The molecule has 0 unspecified atom stereocenters. The molecule has 0 saturated carbocycles. The highest BCUT2D eigenvalue weighted by molar-refractivity contribution is 6.30. The van der Waals surface area contributed by atoms with Crippen molar-refractivity contribution >= 4 is 28.8 Å². The predicted molar refractivity (Wildman–Crippen MR) is 55.8 cm³/mol. The van der Waals surface area contributed by atoms with Crippen LogP contribution in [-0.2, 0) is 0 Å². The van der Waals surface area contributed by atoms with Gasteiger partial charge in [0, 0.05) is 10.9 Å². The molecule has 64 valence electrons. The van der Waals surface area contributed by atoms with Gasteiger partial charge in [0.1, 0.15) is 0 Å². The molecule has 0 spiro atoms. The van der Waals surface area contributed by atoms with Gasteiger partial charge in [-0.2, -0.15) is 0 Å². The minimum atomic E-state index is 0.550. The first-order valence-electron chi connectivity index (χ1n) is 3.72. The van der Waals surface area contributed by atoms with E-state index in [0.29, 0.717) is 5.88 Å². The van der Waals surface area contributed by atoms with Gasteiger partial charge in [0.15, 0.2) is 0 Å². The van der Waals surface area contributed by atoms with Crippen LogP contribution in [0.1, 0.15) is 12.5 Å². The molecule has 0 atom stereocenters. The Kier molecular flexibility index (Phi) is 3.64. The fourth-order valence-electron chi connectivity index (χ4n) is 0.946. The number of hydrogen-bond donors (Lipinski definition) is 0. The van der Waals surface area contributed by atoms with Gasteiger partial charge in [0.05, 0.1) is 0 Å². The molecule has 2 heteroatoms. The standard InChI is InChI=1S/C10H10Cl2/c1-8(6-7-11)9-2-4-10(12)5-3-9/h2-6H,7H2,1H3/b8-6+. The van der Waals surface area contributed by atoms with Crippen molar-refractivity contribution in [3.63, 3.8) is 0 Å². The van der Waals surface area contributed by atoms with E-state index in [0.717, 1.165) is 5.02 Å². The van der Waals surface area contributed by atoms with Crippen LogP contribution >= 0.6 is 23.2 Å². The van der Waals surface area contributed by atoms with Gasteiger partial charge < -0.3 is 0 Å². The van der Waals surface area contributed by atoms with E-state index < -0.39 is 0 Å². The Hall–Kier alpha value is -0.460. The largest absolute Gasteiger partial charge is 0.122 e. The van der Waals surface area contributed by atoms with Crippen molar-refractivity contribution in [1.82, 2.24) is 0 Å². The molecular weight excluding hydrogens is 191 g/mol. The molecule has 0 fully saturated rings. The van der Waals surface area contributed by atoms with E-state index in [-0.39, 0.29) is 0 Å². The fraction of sp³-hybridized carbons (Fsp3) is 0.200. The lowest BCUT2D eigenvalue weighted by Gasteiger charge is -1.99. The second kappa shape index (κ2) is 4.54. The Morgan fingerprint density at radius 2 is 1.92 bits per heavy atom. The molecule has 1 rings (SSSR count). The Morgan fingerprint density at radius 3 is 2.42 bits per heavy atom. The zero-order chi connectivity index (χ0) is 8.97. The van der Waals surface area contributed by atoms with Crippen LogP contribution in [0.15, 0.2) is 30.3 Å². The highest BCUT2D eigenvalue weighted by atomic mass is 35.5. The second-order valence-electron chi connectivity index (χ2n) is 2.55. The normalized spacial score (nSPS) is 11.8. The zero-order valence-electron chi connectivity index (χ0n) is 6.85. The summed E-state index contributed by atoms with van der Waals surface area (Å²) in [6.07, 6.45) is 1.98. The quantitative estimate of drug-likeness (QED) is 0.634. The molecule has 0 bridgehead atoms. The van der Waals surface area contributed by atoms with E-state index in [9.17, 15) is 0 Å². The number of benzene rings is 1. The third-order valence-electron chi connectivity index (χ3n) is 1.68. The first kappa shape index (κ1) is 9.63. The van der Waals surface area contributed by atoms with Crippen LogP contribution in [0.25, 0.3) is 5.57 Å². The summed E-state index contributed by atoms with van der Waals surface area (Å²) in [5.41, 5.74) is 2.35. The van der Waals surface area contributed by atoms with E-state index in [1.165, 1.54) is 11.1 Å². The first-order valence-corrected chi connectivity index (χ1v) is 4.64. The predicted octanol–water partition coefficient (Wildman–Crippen LogP) is 3.98. The maximum atomic E-state index is 5.75. The summed E-state index contributed by atoms with van der Waals surface area (Å²) in [6, 6.07) is 7.73. The summed E-state index contributed by atoms with van der Waals surface area (Å²) in [7, 11) is 0. The van der Waals surface area contributed by atoms with Crippen molar-refractivity contribution in [2.75, 3.05) is 5.88 Å². The second-order valence-corrected chi connectivity index (χ2v) is 3.29. The molecule has 0 N–H and O–H groups in total. The molecule has 0 radical (unpaired) electrons. The van der Waals surface area contributed by atoms with Gasteiger partial charge >= 0.3 is 0 Å². The zero-order valence-corrected chi connectivity index (χ0v) is 8.36. The van der Waals surface area contributed by atoms with Crippen LogP contribution in [0.2, 0.25) is 5.02 Å². The van der Waals surface area contributed by atoms with E-state index in [4.69, 9.17) is 23.2 Å². The average Bonchev–Trinajstić information content (AvgIpc) is 2.06. The maximum absolute atomic E-state index is 5.75. The van der Waals surface area contributed by atoms with Crippen molar-refractivity contribution in [3.8, 4) is 0 Å². The van der Waals surface area contributed by atoms with Crippen LogP contribution in [0.4, 0.5) is 0 Å². The summed E-state index contributed by atoms with van der Waals surface area (Å²) < 4.78 is 0. The Balaban J connectivity index is 2.89. The maximum Gasteiger partial charge on any atom is 0.0409 e. The van der Waals surface area contributed by atoms with Crippen molar-refractivity contribution in [1.29, 1.82) is 0 Å². The van der Waals surface area contributed by atoms with Gasteiger partial charge in [-0.1, -0.05) is 29.8 Å². The van der Waals surface area contributed by atoms with Gasteiger partial charge in [0.25, 0.3) is 0 Å². The van der Waals surface area contributed by atoms with Gasteiger partial charge in [0.2, 0.25) is 0 Å². The molecule has 0 heterocycles. The number of alkyl halides is 1. The number of hydrogen-bond acceptors (Lipinski definition) is 0. The average molecular weight is 201 g/mol. The highest BCUT2D eigenvalue weighted by Crippen LogP contribution is 2.16. The lowest BCUT2D eigenvalue weighted by atomic mass is 10.1. The van der Waals surface area contributed by atoms with Crippen LogP contribution < -0.4 is 0 Å². The number of halogens is 2. The summed E-state index contributed by atoms with van der Waals surface area (Å²) in [6.45, 7) is 2.03. The molecule has 12 heavy (non-hydrogen) atoms. The molecule has 0 aromatic heterocycles. The lowest BCUT2D eigenvalue weighted by Crippen LogP contribution is -1.78. The summed E-state index contributed by atoms with van der Waals surface area (Å²) >= 11 is 11.3.